The molecule has 3 N–H and O–H groups in total. The maximum atomic E-state index is 13.4. The van der Waals surface area contributed by atoms with E-state index >= 15 is 0 Å². The smallest absolute Gasteiger partial charge is 0.139 e. The lowest BCUT2D eigenvalue weighted by atomic mass is 10.2. The Hall–Kier alpha value is -1.75. The molecule has 21 heavy (non-hydrogen) atoms. The van der Waals surface area contributed by atoms with Crippen molar-refractivity contribution in [2.75, 3.05) is 11.1 Å². The number of nitrogen functional groups attached to an aromatic ring is 1. The van der Waals surface area contributed by atoms with Crippen molar-refractivity contribution in [3.63, 3.8) is 0 Å². The third-order valence-corrected chi connectivity index (χ3v) is 3.73. The number of hydrogen-bond donors (Lipinski definition) is 2. The number of nitrogens with two attached hydrogens (primary N) is 1. The molecule has 2 aromatic rings. The van der Waals surface area contributed by atoms with Crippen LogP contribution in [0.1, 0.15) is 20.3 Å². The maximum Gasteiger partial charge on any atom is 0.139 e. The Morgan fingerprint density at radius 3 is 2.81 bits per heavy atom. The number of rotatable bonds is 5. The molecule has 0 saturated heterocycles. The van der Waals surface area contributed by atoms with Crippen LogP contribution in [-0.2, 0) is 0 Å². The highest BCUT2D eigenvalue weighted by atomic mass is 79.9. The third kappa shape index (κ3) is 4.11. The quantitative estimate of drug-likeness (QED) is 0.736. The lowest BCUT2D eigenvalue weighted by molar-refractivity contribution is 0.217. The number of halogens is 2. The highest BCUT2D eigenvalue weighted by Crippen LogP contribution is 2.30. The van der Waals surface area contributed by atoms with Crippen molar-refractivity contribution < 1.29 is 9.13 Å². The average molecular weight is 353 g/mol. The van der Waals surface area contributed by atoms with E-state index in [4.69, 9.17) is 10.5 Å². The van der Waals surface area contributed by atoms with E-state index in [1.165, 1.54) is 6.07 Å². The van der Waals surface area contributed by atoms with E-state index in [2.05, 4.69) is 28.2 Å². The van der Waals surface area contributed by atoms with Gasteiger partial charge in [-0.3, -0.25) is 0 Å². The molecule has 3 nitrogen and oxygen atoms in total. The number of hydrogen-bond acceptors (Lipinski definition) is 3. The van der Waals surface area contributed by atoms with E-state index in [0.29, 0.717) is 15.8 Å². The highest BCUT2D eigenvalue weighted by Gasteiger charge is 2.07. The summed E-state index contributed by atoms with van der Waals surface area (Å²) >= 11 is 3.15. The molecule has 0 aliphatic carbocycles. The van der Waals surface area contributed by atoms with Crippen molar-refractivity contribution in [3.05, 3.63) is 46.7 Å². The molecular weight excluding hydrogens is 335 g/mol. The van der Waals surface area contributed by atoms with E-state index in [1.54, 1.807) is 6.07 Å². The first kappa shape index (κ1) is 15.6. The van der Waals surface area contributed by atoms with Crippen molar-refractivity contribution in [2.24, 2.45) is 0 Å². The topological polar surface area (TPSA) is 47.3 Å². The maximum absolute atomic E-state index is 13.4. The molecule has 0 heterocycles. The molecule has 2 aromatic carbocycles. The third-order valence-electron chi connectivity index (χ3n) is 3.12. The highest BCUT2D eigenvalue weighted by molar-refractivity contribution is 9.10. The first-order valence-corrected chi connectivity index (χ1v) is 7.57. The molecule has 2 rings (SSSR count). The van der Waals surface area contributed by atoms with Gasteiger partial charge in [0, 0.05) is 17.8 Å². The summed E-state index contributed by atoms with van der Waals surface area (Å²) < 4.78 is 19.5. The predicted octanol–water partition coefficient (Wildman–Crippen LogP) is 5.09. The van der Waals surface area contributed by atoms with Crippen LogP contribution in [0.4, 0.5) is 21.5 Å². The Kier molecular flexibility index (Phi) is 5.07. The summed E-state index contributed by atoms with van der Waals surface area (Å²) in [4.78, 5) is 0. The zero-order chi connectivity index (χ0) is 15.4. The number of anilines is 3. The standard InChI is InChI=1S/C16H18BrFN2O/c1-3-10(2)21-12-6-4-5-11(7-12)20-16-8-13(17)14(18)9-15(16)19/h4-10,20H,3,19H2,1-2H3. The van der Waals surface area contributed by atoms with Gasteiger partial charge in [-0.15, -0.1) is 0 Å². The van der Waals surface area contributed by atoms with E-state index in [-0.39, 0.29) is 11.9 Å². The summed E-state index contributed by atoms with van der Waals surface area (Å²) in [6.07, 6.45) is 1.10. The Balaban J connectivity index is 2.20. The van der Waals surface area contributed by atoms with Crippen molar-refractivity contribution in [1.29, 1.82) is 0 Å². The molecule has 0 saturated carbocycles. The molecule has 1 unspecified atom stereocenters. The SMILES string of the molecule is CCC(C)Oc1cccc(Nc2cc(Br)c(F)cc2N)c1. The lowest BCUT2D eigenvalue weighted by Gasteiger charge is -2.15. The zero-order valence-corrected chi connectivity index (χ0v) is 13.6. The van der Waals surface area contributed by atoms with Crippen molar-refractivity contribution >= 4 is 33.0 Å². The molecule has 112 valence electrons. The van der Waals surface area contributed by atoms with Gasteiger partial charge in [-0.2, -0.15) is 0 Å². The van der Waals surface area contributed by atoms with Crippen LogP contribution in [0.2, 0.25) is 0 Å². The van der Waals surface area contributed by atoms with E-state index in [1.807, 2.05) is 31.2 Å². The number of benzene rings is 2. The Labute approximate surface area is 132 Å². The predicted molar refractivity (Wildman–Crippen MR) is 88.6 cm³/mol. The number of ether oxygens (including phenoxy) is 1. The first-order valence-electron chi connectivity index (χ1n) is 6.78. The van der Waals surface area contributed by atoms with Crippen LogP contribution in [-0.4, -0.2) is 6.10 Å². The minimum Gasteiger partial charge on any atom is -0.491 e. The molecule has 0 fully saturated rings. The number of nitrogens with one attached hydrogen (secondary N) is 1. The minimum absolute atomic E-state index is 0.158. The Morgan fingerprint density at radius 2 is 2.10 bits per heavy atom. The molecular formula is C16H18BrFN2O. The second-order valence-electron chi connectivity index (χ2n) is 4.84. The summed E-state index contributed by atoms with van der Waals surface area (Å²) in [5, 5.41) is 3.17. The Bertz CT molecular complexity index is 634. The zero-order valence-electron chi connectivity index (χ0n) is 12.0. The van der Waals surface area contributed by atoms with Gasteiger partial charge in [0.25, 0.3) is 0 Å². The molecule has 5 heteroatoms. The van der Waals surface area contributed by atoms with E-state index < -0.39 is 0 Å². The van der Waals surface area contributed by atoms with Gasteiger partial charge in [0.2, 0.25) is 0 Å². The molecule has 0 radical (unpaired) electrons. The lowest BCUT2D eigenvalue weighted by Crippen LogP contribution is -2.09. The average Bonchev–Trinajstić information content (AvgIpc) is 2.45. The molecule has 0 aliphatic heterocycles. The molecule has 0 aliphatic rings. The molecule has 0 bridgehead atoms. The van der Waals surface area contributed by atoms with E-state index in [9.17, 15) is 4.39 Å². The van der Waals surface area contributed by atoms with Crippen LogP contribution in [0.15, 0.2) is 40.9 Å². The summed E-state index contributed by atoms with van der Waals surface area (Å²) in [5.74, 6) is 0.404. The van der Waals surface area contributed by atoms with Gasteiger partial charge in [0.05, 0.1) is 22.0 Å². The van der Waals surface area contributed by atoms with Crippen LogP contribution in [0, 0.1) is 5.82 Å². The first-order chi connectivity index (χ1) is 9.99. The molecule has 1 atom stereocenters. The fourth-order valence-electron chi connectivity index (χ4n) is 1.79. The van der Waals surface area contributed by atoms with Crippen LogP contribution in [0.25, 0.3) is 0 Å². The largest absolute Gasteiger partial charge is 0.491 e. The fraction of sp³-hybridized carbons (Fsp3) is 0.250. The van der Waals surface area contributed by atoms with Crippen molar-refractivity contribution in [3.8, 4) is 5.75 Å². The molecule has 0 amide bonds. The Morgan fingerprint density at radius 1 is 1.33 bits per heavy atom. The monoisotopic (exact) mass is 352 g/mol. The summed E-state index contributed by atoms with van der Waals surface area (Å²) in [6.45, 7) is 4.10. The van der Waals surface area contributed by atoms with Crippen LogP contribution >= 0.6 is 15.9 Å². The molecule has 0 aromatic heterocycles. The van der Waals surface area contributed by atoms with Crippen LogP contribution in [0.3, 0.4) is 0 Å². The second kappa shape index (κ2) is 6.80. The van der Waals surface area contributed by atoms with Gasteiger partial charge < -0.3 is 15.8 Å². The fourth-order valence-corrected chi connectivity index (χ4v) is 2.13. The normalized spacial score (nSPS) is 12.0. The molecule has 0 spiro atoms. The van der Waals surface area contributed by atoms with Crippen LogP contribution < -0.4 is 15.8 Å². The summed E-state index contributed by atoms with van der Waals surface area (Å²) in [6, 6.07) is 10.5. The van der Waals surface area contributed by atoms with E-state index in [0.717, 1.165) is 17.9 Å². The van der Waals surface area contributed by atoms with Crippen LogP contribution in [0.5, 0.6) is 5.75 Å². The van der Waals surface area contributed by atoms with Gasteiger partial charge in [-0.1, -0.05) is 13.0 Å². The van der Waals surface area contributed by atoms with Gasteiger partial charge in [0.15, 0.2) is 0 Å². The summed E-state index contributed by atoms with van der Waals surface area (Å²) in [5.41, 5.74) is 7.65. The minimum atomic E-state index is -0.382. The van der Waals surface area contributed by atoms with Crippen molar-refractivity contribution in [1.82, 2.24) is 0 Å². The summed E-state index contributed by atoms with van der Waals surface area (Å²) in [7, 11) is 0. The van der Waals surface area contributed by atoms with Gasteiger partial charge in [-0.05, 0) is 47.5 Å². The van der Waals surface area contributed by atoms with Gasteiger partial charge >= 0.3 is 0 Å². The second-order valence-corrected chi connectivity index (χ2v) is 5.70. The van der Waals surface area contributed by atoms with Gasteiger partial charge in [0.1, 0.15) is 11.6 Å². The van der Waals surface area contributed by atoms with Gasteiger partial charge in [-0.25, -0.2) is 4.39 Å². The van der Waals surface area contributed by atoms with Crippen molar-refractivity contribution in [2.45, 2.75) is 26.4 Å².